The molecule has 0 bridgehead atoms. The highest BCUT2D eigenvalue weighted by Crippen LogP contribution is 2.40. The first-order valence-corrected chi connectivity index (χ1v) is 8.72. The number of allylic oxidation sites excluding steroid dienone is 2. The summed E-state index contributed by atoms with van der Waals surface area (Å²) in [6.07, 6.45) is 5.74. The Labute approximate surface area is 129 Å². The van der Waals surface area contributed by atoms with E-state index in [9.17, 15) is 0 Å². The minimum atomic E-state index is 0.915. The van der Waals surface area contributed by atoms with Crippen molar-refractivity contribution in [2.45, 2.75) is 22.6 Å². The maximum atomic E-state index is 3.83. The van der Waals surface area contributed by atoms with Gasteiger partial charge in [0.25, 0.3) is 0 Å². The molecule has 0 saturated carbocycles. The van der Waals surface area contributed by atoms with Crippen LogP contribution in [0.2, 0.25) is 0 Å². The number of hydrogen-bond donors (Lipinski definition) is 0. The lowest BCUT2D eigenvalue weighted by Crippen LogP contribution is -1.85. The lowest BCUT2D eigenvalue weighted by Gasteiger charge is -2.09. The van der Waals surface area contributed by atoms with E-state index in [2.05, 4.69) is 61.7 Å². The minimum Gasteiger partial charge on any atom is -0.103 e. The Morgan fingerprint density at radius 3 is 1.50 bits per heavy atom. The second-order valence-corrected chi connectivity index (χ2v) is 6.58. The summed E-state index contributed by atoms with van der Waals surface area (Å²) < 4.78 is 0. The summed E-state index contributed by atoms with van der Waals surface area (Å²) in [7, 11) is 3.63. The van der Waals surface area contributed by atoms with Gasteiger partial charge in [-0.3, -0.25) is 0 Å². The van der Waals surface area contributed by atoms with E-state index in [1.165, 1.54) is 20.9 Å². The Hall–Kier alpha value is -1.38. The first kappa shape index (κ1) is 15.0. The first-order valence-electron chi connectivity index (χ1n) is 6.57. The van der Waals surface area contributed by atoms with Crippen LogP contribution >= 0.6 is 21.6 Å². The van der Waals surface area contributed by atoms with Gasteiger partial charge in [0.15, 0.2) is 0 Å². The van der Waals surface area contributed by atoms with Crippen LogP contribution < -0.4 is 0 Å². The van der Waals surface area contributed by atoms with Gasteiger partial charge in [-0.25, -0.2) is 0 Å². The van der Waals surface area contributed by atoms with Gasteiger partial charge in [-0.15, -0.1) is 13.2 Å². The molecule has 0 radical (unpaired) electrons. The highest BCUT2D eigenvalue weighted by Gasteiger charge is 2.05. The molecule has 0 amide bonds. The summed E-state index contributed by atoms with van der Waals surface area (Å²) in [6.45, 7) is 7.65. The molecule has 20 heavy (non-hydrogen) atoms. The average Bonchev–Trinajstić information content (AvgIpc) is 2.48. The molecule has 0 aliphatic heterocycles. The van der Waals surface area contributed by atoms with Gasteiger partial charge >= 0.3 is 0 Å². The van der Waals surface area contributed by atoms with Crippen molar-refractivity contribution in [2.75, 3.05) is 0 Å². The van der Waals surface area contributed by atoms with E-state index in [0.29, 0.717) is 0 Å². The molecule has 0 aliphatic carbocycles. The van der Waals surface area contributed by atoms with E-state index in [1.807, 2.05) is 33.7 Å². The zero-order valence-electron chi connectivity index (χ0n) is 11.4. The van der Waals surface area contributed by atoms with Crippen LogP contribution in [-0.2, 0) is 12.8 Å². The summed E-state index contributed by atoms with van der Waals surface area (Å²) >= 11 is 0. The van der Waals surface area contributed by atoms with Crippen molar-refractivity contribution in [3.05, 3.63) is 85.0 Å². The Morgan fingerprint density at radius 2 is 1.10 bits per heavy atom. The van der Waals surface area contributed by atoms with E-state index >= 15 is 0 Å². The lowest BCUT2D eigenvalue weighted by molar-refractivity contribution is 1.18. The molecular formula is C18H18S2. The van der Waals surface area contributed by atoms with Gasteiger partial charge in [-0.1, -0.05) is 70.1 Å². The Kier molecular flexibility index (Phi) is 6.03. The third kappa shape index (κ3) is 4.06. The van der Waals surface area contributed by atoms with Crippen LogP contribution in [-0.4, -0.2) is 0 Å². The maximum absolute atomic E-state index is 3.83. The van der Waals surface area contributed by atoms with Crippen molar-refractivity contribution in [1.82, 2.24) is 0 Å². The van der Waals surface area contributed by atoms with Crippen LogP contribution in [0.15, 0.2) is 83.6 Å². The Bertz CT molecular complexity index is 534. The molecule has 0 heterocycles. The molecule has 2 aromatic carbocycles. The van der Waals surface area contributed by atoms with Crippen LogP contribution in [0.1, 0.15) is 11.1 Å². The van der Waals surface area contributed by atoms with Crippen LogP contribution in [0, 0.1) is 0 Å². The molecular weight excluding hydrogens is 280 g/mol. The predicted octanol–water partition coefficient (Wildman–Crippen LogP) is 5.94. The molecule has 0 atom stereocenters. The van der Waals surface area contributed by atoms with Crippen molar-refractivity contribution >= 4 is 21.6 Å². The molecule has 2 aromatic rings. The van der Waals surface area contributed by atoms with Crippen LogP contribution in [0.5, 0.6) is 0 Å². The van der Waals surface area contributed by atoms with Gasteiger partial charge in [0.05, 0.1) is 0 Å². The third-order valence-corrected chi connectivity index (χ3v) is 5.46. The van der Waals surface area contributed by atoms with Gasteiger partial charge in [0, 0.05) is 9.79 Å². The van der Waals surface area contributed by atoms with Gasteiger partial charge in [-0.05, 0) is 36.1 Å². The molecule has 0 saturated heterocycles. The zero-order valence-corrected chi connectivity index (χ0v) is 13.1. The lowest BCUT2D eigenvalue weighted by atomic mass is 10.1. The molecule has 0 aromatic heterocycles. The third-order valence-electron chi connectivity index (χ3n) is 2.89. The van der Waals surface area contributed by atoms with Crippen molar-refractivity contribution in [2.24, 2.45) is 0 Å². The predicted molar refractivity (Wildman–Crippen MR) is 92.4 cm³/mol. The van der Waals surface area contributed by atoms with E-state index in [1.54, 1.807) is 0 Å². The highest BCUT2D eigenvalue weighted by molar-refractivity contribution is 8.76. The van der Waals surface area contributed by atoms with Gasteiger partial charge < -0.3 is 0 Å². The number of hydrogen-bond acceptors (Lipinski definition) is 2. The van der Waals surface area contributed by atoms with Crippen LogP contribution in [0.25, 0.3) is 0 Å². The molecule has 0 N–H and O–H groups in total. The van der Waals surface area contributed by atoms with Crippen molar-refractivity contribution in [1.29, 1.82) is 0 Å². The molecule has 0 aliphatic rings. The Morgan fingerprint density at radius 1 is 0.700 bits per heavy atom. The molecule has 0 fully saturated rings. The zero-order chi connectivity index (χ0) is 14.2. The van der Waals surface area contributed by atoms with E-state index in [4.69, 9.17) is 0 Å². The second kappa shape index (κ2) is 8.03. The molecule has 0 unspecified atom stereocenters. The normalized spacial score (nSPS) is 10.2. The average molecular weight is 298 g/mol. The molecule has 0 nitrogen and oxygen atoms in total. The van der Waals surface area contributed by atoms with Crippen LogP contribution in [0.4, 0.5) is 0 Å². The summed E-state index contributed by atoms with van der Waals surface area (Å²) in [5.74, 6) is 0. The van der Waals surface area contributed by atoms with Gasteiger partial charge in [0.1, 0.15) is 0 Å². The van der Waals surface area contributed by atoms with Crippen molar-refractivity contribution < 1.29 is 0 Å². The van der Waals surface area contributed by atoms with E-state index in [-0.39, 0.29) is 0 Å². The molecule has 2 rings (SSSR count). The smallest absolute Gasteiger partial charge is 0.0221 e. The number of benzene rings is 2. The SMILES string of the molecule is C=CCc1ccccc1SSc1ccccc1CC=C. The molecule has 2 heteroatoms. The molecule has 102 valence electrons. The van der Waals surface area contributed by atoms with Gasteiger partial charge in [0.2, 0.25) is 0 Å². The summed E-state index contributed by atoms with van der Waals surface area (Å²) in [6, 6.07) is 17.0. The van der Waals surface area contributed by atoms with E-state index in [0.717, 1.165) is 12.8 Å². The largest absolute Gasteiger partial charge is 0.103 e. The quantitative estimate of drug-likeness (QED) is 0.458. The van der Waals surface area contributed by atoms with E-state index < -0.39 is 0 Å². The van der Waals surface area contributed by atoms with Gasteiger partial charge in [-0.2, -0.15) is 0 Å². The minimum absolute atomic E-state index is 0.915. The Balaban J connectivity index is 2.12. The molecule has 0 spiro atoms. The highest BCUT2D eigenvalue weighted by atomic mass is 33.1. The fraction of sp³-hybridized carbons (Fsp3) is 0.111. The standard InChI is InChI=1S/C18H18S2/c1-3-9-15-11-5-7-13-17(15)19-20-18-14-8-6-12-16(18)10-4-2/h3-8,11-14H,1-2,9-10H2. The maximum Gasteiger partial charge on any atom is 0.0221 e. The fourth-order valence-electron chi connectivity index (χ4n) is 1.91. The summed E-state index contributed by atoms with van der Waals surface area (Å²) in [5, 5.41) is 0. The fourth-order valence-corrected chi connectivity index (χ4v) is 4.39. The summed E-state index contributed by atoms with van der Waals surface area (Å²) in [4.78, 5) is 2.62. The topological polar surface area (TPSA) is 0 Å². The number of rotatable bonds is 7. The first-order chi connectivity index (χ1) is 9.85. The second-order valence-electron chi connectivity index (χ2n) is 4.37. The van der Waals surface area contributed by atoms with Crippen molar-refractivity contribution in [3.8, 4) is 0 Å². The van der Waals surface area contributed by atoms with Crippen LogP contribution in [0.3, 0.4) is 0 Å². The van der Waals surface area contributed by atoms with Crippen molar-refractivity contribution in [3.63, 3.8) is 0 Å². The monoisotopic (exact) mass is 298 g/mol. The summed E-state index contributed by atoms with van der Waals surface area (Å²) in [5.41, 5.74) is 2.67.